The van der Waals surface area contributed by atoms with Gasteiger partial charge >= 0.3 is 68.1 Å². The van der Waals surface area contributed by atoms with E-state index in [0.717, 1.165) is 46.9 Å². The molecule has 0 saturated heterocycles. The minimum Gasteiger partial charge on any atom is -0.798 e. The molecular weight excluding hydrogens is 1720 g/mol. The van der Waals surface area contributed by atoms with E-state index in [1.165, 1.54) is 6.66 Å². The summed E-state index contributed by atoms with van der Waals surface area (Å²) in [5.74, 6) is 5.34. The van der Waals surface area contributed by atoms with Crippen LogP contribution in [0, 0.1) is 65.8 Å². The molecule has 4 aromatic carbocycles. The van der Waals surface area contributed by atoms with E-state index in [2.05, 4.69) is 111 Å². The molecule has 1 N–H and O–H groups in total. The van der Waals surface area contributed by atoms with Crippen LogP contribution in [0.2, 0.25) is 0 Å². The van der Waals surface area contributed by atoms with Crippen molar-refractivity contribution >= 4 is 81.6 Å². The first-order chi connectivity index (χ1) is 49.3. The second kappa shape index (κ2) is 77.3. The quantitative estimate of drug-likeness (QED) is 0.0269. The molecule has 0 radical (unpaired) electrons. The standard InChI is InChI=1S/3C15H25O2P.C9H13O3P.C8H19O2P.C8H18OP.C2H6OP.5CO2.Na.W/c3*1-13(2)14(3)11-18(4,16)12-17-10-15-8-6-5-7-9-15;1-13(10,11)8-12-7-9-5-3-2-4-6-9;1-7(2)8(3)5-11(4,10)6-9;1-7(2)8(3)6-10(4,5)9;1-4(2)3;5*2-1-3;;/h3*5-9,13-14H,10-12H2,1-4H3;2-6H,7-8H2,1H3,(H,10,11);7-9H,5-6H2,1-4H3;7-8H,4,6H2,1-3,5H3;1-2H3;;;;;;;/q;;;;;-1;+1;;;;;;+1;/p-1/t3*14?,18-;;8?,11-;8?,10-;;;;;;;;/m100.00......../s1. The summed E-state index contributed by atoms with van der Waals surface area (Å²) < 4.78 is 102. The van der Waals surface area contributed by atoms with Gasteiger partial charge in [0.1, 0.15) is 41.9 Å². The molecule has 11 atom stereocenters. The number of ether oxygens (including phenoxy) is 4. The van der Waals surface area contributed by atoms with Gasteiger partial charge in [-0.15, -0.1) is 0 Å². The summed E-state index contributed by atoms with van der Waals surface area (Å²) in [6.45, 7) is 51.5. The number of aliphatic hydroxyl groups excluding tert-OH is 1. The summed E-state index contributed by atoms with van der Waals surface area (Å²) in [7, 11) is -14.9. The molecule has 0 fully saturated rings. The van der Waals surface area contributed by atoms with Crippen molar-refractivity contribution in [1.29, 1.82) is 0 Å². The molecule has 4 rings (SSSR count). The van der Waals surface area contributed by atoms with Crippen molar-refractivity contribution in [3.63, 3.8) is 0 Å². The Morgan fingerprint density at radius 2 is 0.514 bits per heavy atom. The van der Waals surface area contributed by atoms with Crippen molar-refractivity contribution < 1.29 is 159 Å². The molecule has 0 spiro atoms. The first-order valence-electron chi connectivity index (χ1n) is 34.6. The van der Waals surface area contributed by atoms with Crippen LogP contribution in [0.4, 0.5) is 0 Å². The number of aliphatic hydroxyl groups is 1. The molecule has 6 unspecified atom stereocenters. The fourth-order valence-corrected chi connectivity index (χ4v) is 18.5. The summed E-state index contributed by atoms with van der Waals surface area (Å²) in [6.07, 6.45) is 5.85. The maximum Gasteiger partial charge on any atom is 1.00 e. The predicted octanol–water partition coefficient (Wildman–Crippen LogP) is 15.2. The molecule has 109 heavy (non-hydrogen) atoms. The van der Waals surface area contributed by atoms with Crippen LogP contribution >= 0.6 is 50.9 Å². The average Bonchev–Trinajstić information content (AvgIpc) is 0.908. The minimum absolute atomic E-state index is 0. The van der Waals surface area contributed by atoms with Crippen molar-refractivity contribution in [2.45, 2.75) is 130 Å². The zero-order valence-electron chi connectivity index (χ0n) is 69.4. The monoisotopic (exact) mass is 1850 g/mol. The summed E-state index contributed by atoms with van der Waals surface area (Å²) in [5.41, 5.74) is 4.38. The number of hydrogen-bond donors (Lipinski definition) is 1. The molecule has 0 bridgehead atoms. The van der Waals surface area contributed by atoms with E-state index in [1.807, 2.05) is 141 Å². The molecule has 0 aliphatic heterocycles. The van der Waals surface area contributed by atoms with E-state index < -0.39 is 50.9 Å². The molecule has 0 aliphatic carbocycles. The van der Waals surface area contributed by atoms with Crippen molar-refractivity contribution in [2.24, 2.45) is 59.2 Å². The van der Waals surface area contributed by atoms with Crippen LogP contribution in [0.25, 0.3) is 0 Å². The summed E-state index contributed by atoms with van der Waals surface area (Å²) >= 11 is 0. The molecule has 618 valence electrons. The topological polar surface area (TPSA) is 370 Å². The van der Waals surface area contributed by atoms with Crippen molar-refractivity contribution in [3.05, 3.63) is 150 Å². The maximum atomic E-state index is 12.4. The van der Waals surface area contributed by atoms with Gasteiger partial charge in [0.25, 0.3) is 0 Å². The number of rotatable bonds is 32. The Balaban J connectivity index is -0.000000129. The van der Waals surface area contributed by atoms with Crippen LogP contribution in [0.15, 0.2) is 121 Å². The molecule has 0 amide bonds. The normalized spacial score (nSPS) is 14.5. The number of hydrogen-bond acceptors (Lipinski definition) is 23. The Morgan fingerprint density at radius 1 is 0.358 bits per heavy atom. The van der Waals surface area contributed by atoms with Gasteiger partial charge in [0.2, 0.25) is 0 Å². The van der Waals surface area contributed by atoms with Crippen LogP contribution < -0.4 is 34.5 Å². The second-order valence-corrected chi connectivity index (χ2v) is 48.5. The van der Waals surface area contributed by atoms with Crippen LogP contribution in [0.5, 0.6) is 0 Å². The molecule has 0 saturated carbocycles. The Labute approximate surface area is 691 Å². The third kappa shape index (κ3) is 101. The molecule has 0 aromatic heterocycles. The van der Waals surface area contributed by atoms with Crippen LogP contribution in [-0.4, -0.2) is 152 Å². The first-order valence-corrected chi connectivity index (χ1v) is 51.6. The van der Waals surface area contributed by atoms with Crippen molar-refractivity contribution in [3.8, 4) is 0 Å². The van der Waals surface area contributed by atoms with Gasteiger partial charge < -0.3 is 56.3 Å². The third-order valence-corrected chi connectivity index (χ3v) is 25.4. The zero-order valence-corrected chi connectivity index (χ0v) is 80.6. The van der Waals surface area contributed by atoms with E-state index in [0.29, 0.717) is 111 Å². The Morgan fingerprint density at radius 3 is 0.651 bits per heavy atom. The Hall–Kier alpha value is -3.29. The Kier molecular flexibility index (Phi) is 89.7. The average molecular weight is 1850 g/mol. The van der Waals surface area contributed by atoms with Gasteiger partial charge in [-0.25, -0.2) is 0 Å². The van der Waals surface area contributed by atoms with Gasteiger partial charge in [0.05, 0.1) is 58.2 Å². The zero-order chi connectivity index (χ0) is 85.1. The third-order valence-electron chi connectivity index (χ3n) is 15.2. The van der Waals surface area contributed by atoms with Crippen LogP contribution in [0.1, 0.15) is 126 Å². The van der Waals surface area contributed by atoms with E-state index in [9.17, 15) is 36.8 Å². The second-order valence-electron chi connectivity index (χ2n) is 28.7. The van der Waals surface area contributed by atoms with Gasteiger partial charge in [0.15, 0.2) is 0 Å². The summed E-state index contributed by atoms with van der Waals surface area (Å²) in [6, 6.07) is 39.5. The SMILES string of the molecule is CC(C)C(C)C[P@@](C)(=O)COCc1ccccc1.CC(C)C(C)C[P@](C)(=O)CO.CC(C)C(C)C[P@](C)(=O)COCc1ccccc1.CC(C)C(C)C[P@](C)(=O)COCc1ccccc1.CP(=O)([O-])COCc1ccccc1.C[P+](C)=O.O=C=O.O=C=O.O=C=O.O=C=O.O=C=O.[CH2-][P@@](C)(=O)CC(C)C(C)C.[Na+].[W]. The largest absolute Gasteiger partial charge is 1.00 e. The van der Waals surface area contributed by atoms with Crippen LogP contribution in [0.3, 0.4) is 0 Å². The van der Waals surface area contributed by atoms with E-state index in [-0.39, 0.29) is 94.1 Å². The smallest absolute Gasteiger partial charge is 0.798 e. The van der Waals surface area contributed by atoms with Gasteiger partial charge in [-0.1, -0.05) is 230 Å². The molecule has 4 aromatic rings. The van der Waals surface area contributed by atoms with Gasteiger partial charge in [-0.05, 0) is 135 Å². The molecular formula is C77H130NaO23P7W. The van der Waals surface area contributed by atoms with Gasteiger partial charge in [-0.3, -0.25) is 6.66 Å². The van der Waals surface area contributed by atoms with Crippen molar-refractivity contribution in [2.75, 3.05) is 116 Å². The van der Waals surface area contributed by atoms with E-state index in [4.69, 9.17) is 72.0 Å². The maximum absolute atomic E-state index is 12.4. The predicted molar refractivity (Wildman–Crippen MR) is 427 cm³/mol. The molecule has 0 aliphatic rings. The fourth-order valence-electron chi connectivity index (χ4n) is 8.01. The fraction of sp³-hybridized carbons (Fsp3) is 0.610. The summed E-state index contributed by atoms with van der Waals surface area (Å²) in [4.78, 5) is 92.0. The van der Waals surface area contributed by atoms with Gasteiger partial charge in [-0.2, -0.15) is 47.9 Å². The van der Waals surface area contributed by atoms with E-state index >= 15 is 0 Å². The first kappa shape index (κ1) is 127. The van der Waals surface area contributed by atoms with Crippen LogP contribution in [-0.2, 0) is 146 Å². The molecule has 0 heterocycles. The molecule has 32 heteroatoms. The molecule has 23 nitrogen and oxygen atoms in total. The Bertz CT molecular complexity index is 3050. The summed E-state index contributed by atoms with van der Waals surface area (Å²) in [5, 5.41) is 8.76. The minimum atomic E-state index is -3.27. The van der Waals surface area contributed by atoms with Gasteiger partial charge in [0, 0.05) is 53.1 Å². The van der Waals surface area contributed by atoms with Crippen molar-refractivity contribution in [1.82, 2.24) is 0 Å². The van der Waals surface area contributed by atoms with E-state index in [1.54, 1.807) is 26.7 Å². The number of carbonyl (C=O) groups excluding carboxylic acids is 10. The number of benzene rings is 4.